The lowest BCUT2D eigenvalue weighted by Gasteiger charge is -2.11. The third-order valence-corrected chi connectivity index (χ3v) is 3.81. The molecule has 4 nitrogen and oxygen atoms in total. The Morgan fingerprint density at radius 1 is 1.29 bits per heavy atom. The minimum Gasteiger partial charge on any atom is -0.377 e. The predicted octanol–water partition coefficient (Wildman–Crippen LogP) is 2.39. The molecule has 1 aliphatic carbocycles. The molecule has 0 aromatic heterocycles. The topological polar surface area (TPSA) is 64.3 Å². The van der Waals surface area contributed by atoms with Crippen LogP contribution in [0.3, 0.4) is 0 Å². The second-order valence-electron chi connectivity index (χ2n) is 5.44. The molecular weight excluding hydrogens is 288 g/mol. The van der Waals surface area contributed by atoms with Gasteiger partial charge in [-0.3, -0.25) is 4.79 Å². The summed E-state index contributed by atoms with van der Waals surface area (Å²) >= 11 is 0. The Hall–Kier alpha value is -1.10. The number of nitrogens with two attached hydrogens (primary N) is 1. The van der Waals surface area contributed by atoms with E-state index in [1.54, 1.807) is 0 Å². The molecule has 3 N–H and O–H groups in total. The van der Waals surface area contributed by atoms with Crippen LogP contribution >= 0.6 is 12.4 Å². The van der Waals surface area contributed by atoms with Crippen molar-refractivity contribution in [2.24, 2.45) is 11.7 Å². The highest BCUT2D eigenvalue weighted by Crippen LogP contribution is 2.24. The molecular formula is C16H25ClN2O2. The number of benzene rings is 1. The molecule has 1 aliphatic rings. The summed E-state index contributed by atoms with van der Waals surface area (Å²) in [6.45, 7) is 3.93. The number of hydrogen-bond acceptors (Lipinski definition) is 3. The SMILES string of the molecule is CCOCc1ccc(CNC(=O)C2CCC(N)C2)cc1.Cl. The maximum atomic E-state index is 12.0. The van der Waals surface area contributed by atoms with Crippen LogP contribution in [0.1, 0.15) is 37.3 Å². The third kappa shape index (κ3) is 5.65. The van der Waals surface area contributed by atoms with Crippen LogP contribution in [-0.2, 0) is 22.7 Å². The normalized spacial score (nSPS) is 20.9. The monoisotopic (exact) mass is 312 g/mol. The van der Waals surface area contributed by atoms with Crippen molar-refractivity contribution in [3.63, 3.8) is 0 Å². The first kappa shape index (κ1) is 18.0. The second kappa shape index (κ2) is 9.03. The molecule has 0 aliphatic heterocycles. The molecule has 118 valence electrons. The molecule has 0 bridgehead atoms. The summed E-state index contributed by atoms with van der Waals surface area (Å²) in [5.74, 6) is 0.235. The standard InChI is InChI=1S/C16H24N2O2.ClH/c1-2-20-11-13-5-3-12(4-6-13)10-18-16(19)14-7-8-15(17)9-14;/h3-6,14-15H,2,7-11,17H2,1H3,(H,18,19);1H. The Bertz CT molecular complexity index is 436. The number of carbonyl (C=O) groups is 1. The van der Waals surface area contributed by atoms with E-state index in [2.05, 4.69) is 5.32 Å². The van der Waals surface area contributed by atoms with E-state index in [1.165, 1.54) is 0 Å². The van der Waals surface area contributed by atoms with Crippen molar-refractivity contribution in [3.05, 3.63) is 35.4 Å². The average molecular weight is 313 g/mol. The first-order valence-electron chi connectivity index (χ1n) is 7.38. The Balaban J connectivity index is 0.00000220. The fourth-order valence-electron chi connectivity index (χ4n) is 2.56. The van der Waals surface area contributed by atoms with Gasteiger partial charge in [0, 0.05) is 25.1 Å². The summed E-state index contributed by atoms with van der Waals surface area (Å²) in [6.07, 6.45) is 2.70. The molecule has 1 fully saturated rings. The molecule has 1 aromatic carbocycles. The van der Waals surface area contributed by atoms with Crippen molar-refractivity contribution >= 4 is 18.3 Å². The largest absolute Gasteiger partial charge is 0.377 e. The zero-order valence-corrected chi connectivity index (χ0v) is 13.3. The van der Waals surface area contributed by atoms with Crippen LogP contribution in [0.15, 0.2) is 24.3 Å². The molecule has 21 heavy (non-hydrogen) atoms. The van der Waals surface area contributed by atoms with Gasteiger partial charge >= 0.3 is 0 Å². The minimum atomic E-state index is 0. The van der Waals surface area contributed by atoms with Gasteiger partial charge in [0.1, 0.15) is 0 Å². The maximum Gasteiger partial charge on any atom is 0.223 e. The smallest absolute Gasteiger partial charge is 0.223 e. The van der Waals surface area contributed by atoms with Crippen molar-refractivity contribution in [2.45, 2.75) is 45.4 Å². The molecule has 2 unspecified atom stereocenters. The average Bonchev–Trinajstić information content (AvgIpc) is 2.90. The van der Waals surface area contributed by atoms with E-state index in [4.69, 9.17) is 10.5 Å². The molecule has 0 radical (unpaired) electrons. The molecule has 1 aromatic rings. The number of hydrogen-bond donors (Lipinski definition) is 2. The fraction of sp³-hybridized carbons (Fsp3) is 0.562. The van der Waals surface area contributed by atoms with Gasteiger partial charge in [-0.25, -0.2) is 0 Å². The summed E-state index contributed by atoms with van der Waals surface area (Å²) in [5, 5.41) is 3.00. The fourth-order valence-corrected chi connectivity index (χ4v) is 2.56. The van der Waals surface area contributed by atoms with Crippen molar-refractivity contribution in [2.75, 3.05) is 6.61 Å². The van der Waals surface area contributed by atoms with Gasteiger partial charge in [0.25, 0.3) is 0 Å². The molecule has 5 heteroatoms. The van der Waals surface area contributed by atoms with Crippen molar-refractivity contribution in [1.29, 1.82) is 0 Å². The number of amides is 1. The van der Waals surface area contributed by atoms with Crippen LogP contribution in [0.25, 0.3) is 0 Å². The van der Waals surface area contributed by atoms with E-state index in [9.17, 15) is 4.79 Å². The lowest BCUT2D eigenvalue weighted by Crippen LogP contribution is -2.29. The molecule has 0 spiro atoms. The zero-order valence-electron chi connectivity index (χ0n) is 12.5. The van der Waals surface area contributed by atoms with Gasteiger partial charge < -0.3 is 15.8 Å². The number of halogens is 1. The van der Waals surface area contributed by atoms with E-state index in [0.717, 1.165) is 37.0 Å². The third-order valence-electron chi connectivity index (χ3n) is 3.81. The van der Waals surface area contributed by atoms with Gasteiger partial charge in [-0.2, -0.15) is 0 Å². The van der Waals surface area contributed by atoms with Gasteiger partial charge in [0.2, 0.25) is 5.91 Å². The zero-order chi connectivity index (χ0) is 14.4. The quantitative estimate of drug-likeness (QED) is 0.847. The Labute approximate surface area is 132 Å². The van der Waals surface area contributed by atoms with Gasteiger partial charge in [0.05, 0.1) is 6.61 Å². The van der Waals surface area contributed by atoms with E-state index in [-0.39, 0.29) is 30.3 Å². The van der Waals surface area contributed by atoms with E-state index < -0.39 is 0 Å². The first-order chi connectivity index (χ1) is 9.69. The van der Waals surface area contributed by atoms with Gasteiger partial charge in [0.15, 0.2) is 0 Å². The van der Waals surface area contributed by atoms with E-state index >= 15 is 0 Å². The van der Waals surface area contributed by atoms with Crippen LogP contribution in [-0.4, -0.2) is 18.6 Å². The van der Waals surface area contributed by atoms with E-state index in [1.807, 2.05) is 31.2 Å². The first-order valence-corrected chi connectivity index (χ1v) is 7.38. The highest BCUT2D eigenvalue weighted by atomic mass is 35.5. The summed E-state index contributed by atoms with van der Waals surface area (Å²) in [4.78, 5) is 12.0. The van der Waals surface area contributed by atoms with Crippen LogP contribution in [0.4, 0.5) is 0 Å². The van der Waals surface area contributed by atoms with Gasteiger partial charge in [-0.05, 0) is 37.3 Å². The van der Waals surface area contributed by atoms with Crippen molar-refractivity contribution < 1.29 is 9.53 Å². The molecule has 0 heterocycles. The Kier molecular flexibility index (Phi) is 7.72. The van der Waals surface area contributed by atoms with Crippen LogP contribution in [0, 0.1) is 5.92 Å². The summed E-state index contributed by atoms with van der Waals surface area (Å²) in [5.41, 5.74) is 8.10. The van der Waals surface area contributed by atoms with Gasteiger partial charge in [-0.15, -0.1) is 12.4 Å². The predicted molar refractivity (Wildman–Crippen MR) is 86.2 cm³/mol. The molecule has 1 amide bonds. The lowest BCUT2D eigenvalue weighted by molar-refractivity contribution is -0.125. The molecule has 2 atom stereocenters. The second-order valence-corrected chi connectivity index (χ2v) is 5.44. The number of ether oxygens (including phenoxy) is 1. The summed E-state index contributed by atoms with van der Waals surface area (Å²) in [6, 6.07) is 8.36. The summed E-state index contributed by atoms with van der Waals surface area (Å²) < 4.78 is 5.35. The Morgan fingerprint density at radius 2 is 1.95 bits per heavy atom. The molecule has 0 saturated heterocycles. The van der Waals surface area contributed by atoms with E-state index in [0.29, 0.717) is 13.2 Å². The molecule has 2 rings (SSSR count). The lowest BCUT2D eigenvalue weighted by atomic mass is 10.1. The number of rotatable bonds is 6. The highest BCUT2D eigenvalue weighted by molar-refractivity contribution is 5.85. The number of nitrogens with one attached hydrogen (secondary N) is 1. The van der Waals surface area contributed by atoms with Crippen molar-refractivity contribution in [1.82, 2.24) is 5.32 Å². The number of carbonyl (C=O) groups excluding carboxylic acids is 1. The Morgan fingerprint density at radius 3 is 2.52 bits per heavy atom. The van der Waals surface area contributed by atoms with Crippen molar-refractivity contribution in [3.8, 4) is 0 Å². The van der Waals surface area contributed by atoms with Crippen LogP contribution in [0.2, 0.25) is 0 Å². The minimum absolute atomic E-state index is 0. The van der Waals surface area contributed by atoms with Crippen LogP contribution < -0.4 is 11.1 Å². The maximum absolute atomic E-state index is 12.0. The van der Waals surface area contributed by atoms with Gasteiger partial charge in [-0.1, -0.05) is 24.3 Å². The van der Waals surface area contributed by atoms with Crippen LogP contribution in [0.5, 0.6) is 0 Å². The highest BCUT2D eigenvalue weighted by Gasteiger charge is 2.27. The summed E-state index contributed by atoms with van der Waals surface area (Å²) in [7, 11) is 0. The molecule has 1 saturated carbocycles.